The van der Waals surface area contributed by atoms with E-state index in [9.17, 15) is 0 Å². The minimum atomic E-state index is 1.30. The van der Waals surface area contributed by atoms with Gasteiger partial charge in [0.1, 0.15) is 31.4 Å². The summed E-state index contributed by atoms with van der Waals surface area (Å²) >= 11 is 0. The van der Waals surface area contributed by atoms with Gasteiger partial charge in [0, 0.05) is 0 Å². The van der Waals surface area contributed by atoms with Gasteiger partial charge in [-0.1, -0.05) is 81.5 Å². The molecule has 0 aliphatic carbocycles. The maximum atomic E-state index is 2.32. The Bertz CT molecular complexity index is 906. The summed E-state index contributed by atoms with van der Waals surface area (Å²) in [5, 5.41) is 0. The third-order valence-corrected chi connectivity index (χ3v) is 5.16. The summed E-state index contributed by atoms with van der Waals surface area (Å²) in [5.41, 5.74) is 13.4. The SMILES string of the molecule is Bc1cc(C)ccc1-c1ccc(-c2cc(B)c(C)c(B)c2)cc1B. The van der Waals surface area contributed by atoms with Gasteiger partial charge in [-0.2, -0.15) is 0 Å². The normalized spacial score (nSPS) is 10.8. The second kappa shape index (κ2) is 6.43. The van der Waals surface area contributed by atoms with Gasteiger partial charge in [-0.05, 0) is 36.1 Å². The molecule has 0 atom stereocenters. The fourth-order valence-corrected chi connectivity index (χ4v) is 3.46. The van der Waals surface area contributed by atoms with Crippen LogP contribution in [0.2, 0.25) is 0 Å². The number of hydrogen-bond acceptors (Lipinski definition) is 0. The van der Waals surface area contributed by atoms with Crippen LogP contribution < -0.4 is 21.9 Å². The van der Waals surface area contributed by atoms with Crippen molar-refractivity contribution in [2.24, 2.45) is 0 Å². The van der Waals surface area contributed by atoms with Crippen LogP contribution in [0.3, 0.4) is 0 Å². The van der Waals surface area contributed by atoms with Crippen molar-refractivity contribution in [3.63, 3.8) is 0 Å². The van der Waals surface area contributed by atoms with Gasteiger partial charge in [-0.3, -0.25) is 0 Å². The summed E-state index contributed by atoms with van der Waals surface area (Å²) in [7, 11) is 8.81. The minimum Gasteiger partial charge on any atom is -0.0861 e. The molecule has 0 saturated carbocycles. The van der Waals surface area contributed by atoms with E-state index in [4.69, 9.17) is 0 Å². The van der Waals surface area contributed by atoms with Crippen molar-refractivity contribution in [2.45, 2.75) is 13.8 Å². The van der Waals surface area contributed by atoms with Crippen molar-refractivity contribution in [2.75, 3.05) is 0 Å². The summed E-state index contributed by atoms with van der Waals surface area (Å²) in [6.45, 7) is 4.34. The van der Waals surface area contributed by atoms with E-state index in [1.165, 1.54) is 55.2 Å². The van der Waals surface area contributed by atoms with E-state index >= 15 is 0 Å². The van der Waals surface area contributed by atoms with E-state index in [1.54, 1.807) is 0 Å². The van der Waals surface area contributed by atoms with E-state index in [1.807, 2.05) is 0 Å². The van der Waals surface area contributed by atoms with E-state index in [-0.39, 0.29) is 0 Å². The Balaban J connectivity index is 2.07. The molecule has 0 fully saturated rings. The lowest BCUT2D eigenvalue weighted by Gasteiger charge is -2.14. The molecule has 0 saturated heterocycles. The van der Waals surface area contributed by atoms with E-state index in [2.05, 4.69) is 93.8 Å². The van der Waals surface area contributed by atoms with Crippen molar-refractivity contribution in [1.29, 1.82) is 0 Å². The summed E-state index contributed by atoms with van der Waals surface area (Å²) in [6, 6.07) is 18.1. The van der Waals surface area contributed by atoms with Crippen LogP contribution in [0.5, 0.6) is 0 Å². The standard InChI is InChI=1S/C20H22B4/c1-11-3-5-15(19(23)7-11)16-6-4-13(8-20(16)24)14-9-17(21)12(2)18(22)10-14/h3-10H,21-24H2,1-2H3. The van der Waals surface area contributed by atoms with Crippen LogP contribution in [-0.2, 0) is 0 Å². The molecule has 0 amide bonds. The number of benzene rings is 3. The summed E-state index contributed by atoms with van der Waals surface area (Å²) in [5.74, 6) is 0. The zero-order chi connectivity index (χ0) is 17.4. The highest BCUT2D eigenvalue weighted by molar-refractivity contribution is 6.41. The average molecular weight is 306 g/mol. The van der Waals surface area contributed by atoms with Gasteiger partial charge in [0.25, 0.3) is 0 Å². The Labute approximate surface area is 149 Å². The highest BCUT2D eigenvalue weighted by Crippen LogP contribution is 2.22. The van der Waals surface area contributed by atoms with Crippen molar-refractivity contribution in [3.8, 4) is 22.3 Å². The molecule has 114 valence electrons. The van der Waals surface area contributed by atoms with Crippen molar-refractivity contribution >= 4 is 53.2 Å². The van der Waals surface area contributed by atoms with Crippen LogP contribution in [0.25, 0.3) is 22.3 Å². The molecule has 0 radical (unpaired) electrons. The molecule has 0 heterocycles. The lowest BCUT2D eigenvalue weighted by molar-refractivity contribution is 1.49. The molecule has 24 heavy (non-hydrogen) atoms. The molecule has 3 aromatic rings. The topological polar surface area (TPSA) is 0 Å². The number of rotatable bonds is 2. The monoisotopic (exact) mass is 306 g/mol. The molecule has 0 aliphatic heterocycles. The molecule has 3 aromatic carbocycles. The van der Waals surface area contributed by atoms with E-state index in [0.717, 1.165) is 0 Å². The maximum absolute atomic E-state index is 2.32. The zero-order valence-corrected chi connectivity index (χ0v) is 15.6. The first kappa shape index (κ1) is 16.8. The molecular weight excluding hydrogens is 283 g/mol. The second-order valence-corrected chi connectivity index (χ2v) is 7.08. The van der Waals surface area contributed by atoms with Crippen LogP contribution in [0.4, 0.5) is 0 Å². The Morgan fingerprint density at radius 1 is 0.542 bits per heavy atom. The van der Waals surface area contributed by atoms with Crippen molar-refractivity contribution in [3.05, 3.63) is 59.7 Å². The Hall–Kier alpha value is -2.08. The lowest BCUT2D eigenvalue weighted by atomic mass is 9.77. The molecule has 0 aromatic heterocycles. The van der Waals surface area contributed by atoms with Crippen LogP contribution in [0.15, 0.2) is 48.5 Å². The third kappa shape index (κ3) is 3.11. The smallest absolute Gasteiger partial charge is 0.0861 e. The molecule has 0 nitrogen and oxygen atoms in total. The van der Waals surface area contributed by atoms with Gasteiger partial charge < -0.3 is 0 Å². The molecule has 0 aliphatic rings. The third-order valence-electron chi connectivity index (χ3n) is 5.16. The van der Waals surface area contributed by atoms with Crippen molar-refractivity contribution < 1.29 is 0 Å². The molecule has 0 spiro atoms. The average Bonchev–Trinajstić information content (AvgIpc) is 2.53. The van der Waals surface area contributed by atoms with Crippen molar-refractivity contribution in [1.82, 2.24) is 0 Å². The van der Waals surface area contributed by atoms with Gasteiger partial charge in [0.05, 0.1) is 0 Å². The van der Waals surface area contributed by atoms with Crippen LogP contribution >= 0.6 is 0 Å². The molecular formula is C20H22B4. The van der Waals surface area contributed by atoms with Crippen LogP contribution in [0, 0.1) is 13.8 Å². The predicted octanol–water partition coefficient (Wildman–Crippen LogP) is -1.33. The van der Waals surface area contributed by atoms with Gasteiger partial charge in [0.2, 0.25) is 0 Å². The molecule has 4 heteroatoms. The van der Waals surface area contributed by atoms with Crippen LogP contribution in [0.1, 0.15) is 11.1 Å². The predicted molar refractivity (Wildman–Crippen MR) is 119 cm³/mol. The van der Waals surface area contributed by atoms with Gasteiger partial charge in [0.15, 0.2) is 0 Å². The highest BCUT2D eigenvalue weighted by atomic mass is 14.1. The number of hydrogen-bond donors (Lipinski definition) is 0. The summed E-state index contributed by atoms with van der Waals surface area (Å²) in [4.78, 5) is 0. The second-order valence-electron chi connectivity index (χ2n) is 7.08. The quantitative estimate of drug-likeness (QED) is 0.515. The summed E-state index contributed by atoms with van der Waals surface area (Å²) < 4.78 is 0. The fraction of sp³-hybridized carbons (Fsp3) is 0.100. The molecule has 0 N–H and O–H groups in total. The Morgan fingerprint density at radius 2 is 1.04 bits per heavy atom. The summed E-state index contributed by atoms with van der Waals surface area (Å²) in [6.07, 6.45) is 0. The highest BCUT2D eigenvalue weighted by Gasteiger charge is 2.08. The first-order valence-electron chi connectivity index (χ1n) is 8.63. The lowest BCUT2D eigenvalue weighted by Crippen LogP contribution is -2.20. The minimum absolute atomic E-state index is 1.30. The fourth-order valence-electron chi connectivity index (χ4n) is 3.46. The van der Waals surface area contributed by atoms with E-state index in [0.29, 0.717) is 0 Å². The largest absolute Gasteiger partial charge is 0.140 e. The first-order valence-corrected chi connectivity index (χ1v) is 8.63. The molecule has 0 unspecified atom stereocenters. The maximum Gasteiger partial charge on any atom is 0.140 e. The Kier molecular flexibility index (Phi) is 4.49. The first-order chi connectivity index (χ1) is 11.4. The Morgan fingerprint density at radius 3 is 1.58 bits per heavy atom. The zero-order valence-electron chi connectivity index (χ0n) is 15.6. The number of aryl methyl sites for hydroxylation is 1. The van der Waals surface area contributed by atoms with Gasteiger partial charge in [-0.25, -0.2) is 0 Å². The van der Waals surface area contributed by atoms with Crippen LogP contribution in [-0.4, -0.2) is 31.4 Å². The molecule has 3 rings (SSSR count). The van der Waals surface area contributed by atoms with E-state index < -0.39 is 0 Å². The van der Waals surface area contributed by atoms with Gasteiger partial charge >= 0.3 is 0 Å². The molecule has 0 bridgehead atoms. The van der Waals surface area contributed by atoms with Gasteiger partial charge in [-0.15, -0.1) is 0 Å².